The molecule has 0 aliphatic rings. The first-order chi connectivity index (χ1) is 14.3. The molecular weight excluding hydrogens is 396 g/mol. The number of carbonyl (C=O) groups is 2. The van der Waals surface area contributed by atoms with Crippen LogP contribution in [0.25, 0.3) is 11.1 Å². The second-order valence-electron chi connectivity index (χ2n) is 6.36. The van der Waals surface area contributed by atoms with Gasteiger partial charge in [-0.2, -0.15) is 0 Å². The standard InChI is InChI=1S/C19H18N4O7/c20-17(24)11-29-14-6-3-12(4-7-14)21-18(25)2-1-9-22-15-8-5-13(23(27)28)10-16(15)30-19(22)26/h3-8,10H,1-2,9,11H2,(H2,20,24)(H,21,25). The SMILES string of the molecule is NC(=O)COc1ccc(NC(=O)CCCn2c(=O)oc3cc([N+](=O)[O-])ccc32)cc1. The van der Waals surface area contributed by atoms with Gasteiger partial charge in [-0.1, -0.05) is 0 Å². The second kappa shape index (κ2) is 8.90. The van der Waals surface area contributed by atoms with Crippen molar-refractivity contribution in [2.24, 2.45) is 5.73 Å². The number of anilines is 1. The van der Waals surface area contributed by atoms with E-state index in [1.165, 1.54) is 22.8 Å². The van der Waals surface area contributed by atoms with Crippen LogP contribution in [0.5, 0.6) is 5.75 Å². The maximum Gasteiger partial charge on any atom is 0.419 e. The van der Waals surface area contributed by atoms with Crippen LogP contribution in [-0.2, 0) is 16.1 Å². The third-order valence-electron chi connectivity index (χ3n) is 4.17. The maximum atomic E-state index is 12.1. The van der Waals surface area contributed by atoms with E-state index in [1.807, 2.05) is 0 Å². The highest BCUT2D eigenvalue weighted by molar-refractivity contribution is 5.90. The maximum absolute atomic E-state index is 12.1. The number of rotatable bonds is 9. The highest BCUT2D eigenvalue weighted by Crippen LogP contribution is 2.20. The summed E-state index contributed by atoms with van der Waals surface area (Å²) in [4.78, 5) is 45.1. The van der Waals surface area contributed by atoms with Crippen molar-refractivity contribution in [1.82, 2.24) is 4.57 Å². The summed E-state index contributed by atoms with van der Waals surface area (Å²) in [6, 6.07) is 10.3. The summed E-state index contributed by atoms with van der Waals surface area (Å²) in [6.45, 7) is -0.0158. The Morgan fingerprint density at radius 1 is 1.20 bits per heavy atom. The first kappa shape index (κ1) is 20.6. The summed E-state index contributed by atoms with van der Waals surface area (Å²) in [6.07, 6.45) is 0.503. The zero-order chi connectivity index (χ0) is 21.7. The highest BCUT2D eigenvalue weighted by atomic mass is 16.6. The third-order valence-corrected chi connectivity index (χ3v) is 4.17. The first-order valence-corrected chi connectivity index (χ1v) is 8.92. The number of hydrogen-bond acceptors (Lipinski definition) is 7. The monoisotopic (exact) mass is 414 g/mol. The molecule has 11 nitrogen and oxygen atoms in total. The summed E-state index contributed by atoms with van der Waals surface area (Å²) in [5.74, 6) is -1.04. The third kappa shape index (κ3) is 5.01. The molecule has 3 N–H and O–H groups in total. The molecule has 0 bridgehead atoms. The number of ether oxygens (including phenoxy) is 1. The van der Waals surface area contributed by atoms with E-state index in [9.17, 15) is 24.5 Å². The van der Waals surface area contributed by atoms with Crippen molar-refractivity contribution >= 4 is 34.3 Å². The number of nitro groups is 1. The van der Waals surface area contributed by atoms with Crippen LogP contribution in [0.1, 0.15) is 12.8 Å². The summed E-state index contributed by atoms with van der Waals surface area (Å²) >= 11 is 0. The van der Waals surface area contributed by atoms with Gasteiger partial charge >= 0.3 is 5.76 Å². The Labute approximate surface area is 169 Å². The lowest BCUT2D eigenvalue weighted by atomic mass is 10.2. The van der Waals surface area contributed by atoms with E-state index in [0.717, 1.165) is 0 Å². The molecule has 156 valence electrons. The van der Waals surface area contributed by atoms with E-state index < -0.39 is 16.6 Å². The van der Waals surface area contributed by atoms with Crippen LogP contribution in [0.2, 0.25) is 0 Å². The largest absolute Gasteiger partial charge is 0.484 e. The molecule has 0 unspecified atom stereocenters. The Balaban J connectivity index is 1.54. The zero-order valence-electron chi connectivity index (χ0n) is 15.7. The van der Waals surface area contributed by atoms with Crippen molar-refractivity contribution in [1.29, 1.82) is 0 Å². The molecule has 0 spiro atoms. The van der Waals surface area contributed by atoms with Crippen LogP contribution in [0.15, 0.2) is 51.7 Å². The fourth-order valence-electron chi connectivity index (χ4n) is 2.79. The van der Waals surface area contributed by atoms with Gasteiger partial charge in [-0.15, -0.1) is 0 Å². The van der Waals surface area contributed by atoms with Gasteiger partial charge in [0.25, 0.3) is 11.6 Å². The number of hydrogen-bond donors (Lipinski definition) is 2. The predicted molar refractivity (Wildman–Crippen MR) is 106 cm³/mol. The molecule has 11 heteroatoms. The van der Waals surface area contributed by atoms with Crippen LogP contribution in [0, 0.1) is 10.1 Å². The van der Waals surface area contributed by atoms with E-state index in [-0.39, 0.29) is 36.8 Å². The van der Waals surface area contributed by atoms with Gasteiger partial charge in [0.05, 0.1) is 16.5 Å². The van der Waals surface area contributed by atoms with Crippen LogP contribution in [0.4, 0.5) is 11.4 Å². The summed E-state index contributed by atoms with van der Waals surface area (Å²) in [5, 5.41) is 13.5. The molecule has 0 aliphatic heterocycles. The number of primary amides is 1. The fourth-order valence-corrected chi connectivity index (χ4v) is 2.79. The lowest BCUT2D eigenvalue weighted by Crippen LogP contribution is -2.20. The number of oxazole rings is 1. The van der Waals surface area contributed by atoms with Crippen molar-refractivity contribution in [3.8, 4) is 5.75 Å². The molecule has 2 amide bonds. The average Bonchev–Trinajstić information content (AvgIpc) is 3.02. The summed E-state index contributed by atoms with van der Waals surface area (Å²) in [7, 11) is 0. The number of fused-ring (bicyclic) bond motifs is 1. The molecule has 30 heavy (non-hydrogen) atoms. The lowest BCUT2D eigenvalue weighted by molar-refractivity contribution is -0.384. The minimum absolute atomic E-state index is 0.122. The smallest absolute Gasteiger partial charge is 0.419 e. The average molecular weight is 414 g/mol. The van der Waals surface area contributed by atoms with Crippen LogP contribution in [-0.4, -0.2) is 27.9 Å². The number of aryl methyl sites for hydroxylation is 1. The van der Waals surface area contributed by atoms with E-state index in [4.69, 9.17) is 14.9 Å². The molecule has 0 aliphatic carbocycles. The van der Waals surface area contributed by atoms with E-state index in [2.05, 4.69) is 5.32 Å². The van der Waals surface area contributed by atoms with Gasteiger partial charge in [0.1, 0.15) is 5.75 Å². The van der Waals surface area contributed by atoms with E-state index >= 15 is 0 Å². The number of nitrogens with two attached hydrogens (primary N) is 1. The van der Waals surface area contributed by atoms with Gasteiger partial charge in [0.15, 0.2) is 12.2 Å². The Morgan fingerprint density at radius 2 is 1.93 bits per heavy atom. The van der Waals surface area contributed by atoms with Crippen molar-refractivity contribution in [2.45, 2.75) is 19.4 Å². The second-order valence-corrected chi connectivity index (χ2v) is 6.36. The van der Waals surface area contributed by atoms with Crippen LogP contribution in [0.3, 0.4) is 0 Å². The van der Waals surface area contributed by atoms with Gasteiger partial charge in [-0.05, 0) is 36.8 Å². The number of nitro benzene ring substituents is 1. The molecule has 0 saturated heterocycles. The van der Waals surface area contributed by atoms with E-state index in [1.54, 1.807) is 24.3 Å². The molecule has 3 rings (SSSR count). The topological polar surface area (TPSA) is 160 Å². The number of nitrogens with zero attached hydrogens (tertiary/aromatic N) is 2. The first-order valence-electron chi connectivity index (χ1n) is 8.92. The number of benzene rings is 2. The quantitative estimate of drug-likeness (QED) is 0.398. The molecule has 1 heterocycles. The Morgan fingerprint density at radius 3 is 2.60 bits per heavy atom. The number of non-ortho nitro benzene ring substituents is 1. The van der Waals surface area contributed by atoms with Crippen molar-refractivity contribution in [3.63, 3.8) is 0 Å². The van der Waals surface area contributed by atoms with Crippen molar-refractivity contribution in [2.75, 3.05) is 11.9 Å². The number of carbonyl (C=O) groups excluding carboxylic acids is 2. The predicted octanol–water partition coefficient (Wildman–Crippen LogP) is 1.79. The Bertz CT molecular complexity index is 1150. The molecule has 0 fully saturated rings. The molecular formula is C19H18N4O7. The van der Waals surface area contributed by atoms with Gasteiger partial charge in [0, 0.05) is 24.7 Å². The minimum atomic E-state index is -0.641. The lowest BCUT2D eigenvalue weighted by Gasteiger charge is -2.07. The van der Waals surface area contributed by atoms with E-state index in [0.29, 0.717) is 23.4 Å². The van der Waals surface area contributed by atoms with Gasteiger partial charge in [-0.25, -0.2) is 4.79 Å². The molecule has 0 atom stereocenters. The van der Waals surface area contributed by atoms with Crippen molar-refractivity contribution < 1.29 is 23.7 Å². The van der Waals surface area contributed by atoms with Crippen LogP contribution >= 0.6 is 0 Å². The van der Waals surface area contributed by atoms with Crippen LogP contribution < -0.4 is 21.5 Å². The van der Waals surface area contributed by atoms with Gasteiger partial charge < -0.3 is 20.2 Å². The molecule has 1 aromatic heterocycles. The summed E-state index contributed by atoms with van der Waals surface area (Å²) < 4.78 is 11.5. The molecule has 3 aromatic rings. The number of amides is 2. The molecule has 0 saturated carbocycles. The minimum Gasteiger partial charge on any atom is -0.484 e. The zero-order valence-corrected chi connectivity index (χ0v) is 15.7. The fraction of sp³-hybridized carbons (Fsp3) is 0.211. The highest BCUT2D eigenvalue weighted by Gasteiger charge is 2.14. The molecule has 2 aromatic carbocycles. The molecule has 0 radical (unpaired) electrons. The normalized spacial score (nSPS) is 10.7. The Hall–Kier alpha value is -4.15. The van der Waals surface area contributed by atoms with Crippen molar-refractivity contribution in [3.05, 3.63) is 63.1 Å². The Kier molecular flexibility index (Phi) is 6.11. The van der Waals surface area contributed by atoms with Gasteiger partial charge in [-0.3, -0.25) is 24.3 Å². The number of aromatic nitrogens is 1. The summed E-state index contributed by atoms with van der Waals surface area (Å²) in [5.41, 5.74) is 5.93. The van der Waals surface area contributed by atoms with Gasteiger partial charge in [0.2, 0.25) is 5.91 Å². The number of nitrogens with one attached hydrogen (secondary N) is 1.